The Hall–Kier alpha value is -4.16. The number of hydrogen-bond acceptors (Lipinski definition) is 8. The Kier molecular flexibility index (Phi) is 5.87. The number of nitriles is 1. The number of benzene rings is 1. The Bertz CT molecular complexity index is 1310. The number of pyridine rings is 1. The molecule has 1 atom stereocenters. The summed E-state index contributed by atoms with van der Waals surface area (Å²) < 4.78 is 1.67. The molecule has 0 radical (unpaired) electrons. The Morgan fingerprint density at radius 3 is 2.59 bits per heavy atom. The summed E-state index contributed by atoms with van der Waals surface area (Å²) in [4.78, 5) is 13.2. The van der Waals surface area contributed by atoms with Gasteiger partial charge in [-0.05, 0) is 43.7 Å². The molecular formula is C23H22N8O. The minimum absolute atomic E-state index is 0.112. The molecule has 0 saturated heterocycles. The molecule has 1 aromatic carbocycles. The average Bonchev–Trinajstić information content (AvgIpc) is 3.22. The third kappa shape index (κ3) is 4.61. The van der Waals surface area contributed by atoms with Crippen LogP contribution in [-0.4, -0.2) is 41.2 Å². The van der Waals surface area contributed by atoms with Gasteiger partial charge in [0.05, 0.1) is 47.6 Å². The van der Waals surface area contributed by atoms with E-state index in [0.29, 0.717) is 35.6 Å². The predicted octanol–water partition coefficient (Wildman–Crippen LogP) is 2.53. The van der Waals surface area contributed by atoms with Crippen molar-refractivity contribution in [3.05, 3.63) is 71.2 Å². The molecule has 1 unspecified atom stereocenters. The second-order valence-electron chi connectivity index (χ2n) is 7.56. The van der Waals surface area contributed by atoms with Crippen LogP contribution in [0.15, 0.2) is 48.7 Å². The fourth-order valence-electron chi connectivity index (χ4n) is 3.46. The SMILES string of the molecule is Cc1c(C#N)cccc1-c1cc(-c2cn(Cc3cccc(CC(C)O)n3)nn2)nc(N)n1. The smallest absolute Gasteiger partial charge is 0.221 e. The molecule has 0 bridgehead atoms. The summed E-state index contributed by atoms with van der Waals surface area (Å²) in [6.07, 6.45) is 1.81. The molecule has 4 rings (SSSR count). The Morgan fingerprint density at radius 1 is 1.06 bits per heavy atom. The third-order valence-electron chi connectivity index (χ3n) is 4.97. The first-order valence-electron chi connectivity index (χ1n) is 10.1. The van der Waals surface area contributed by atoms with Crippen molar-refractivity contribution in [2.45, 2.75) is 32.9 Å². The van der Waals surface area contributed by atoms with Gasteiger partial charge in [0.25, 0.3) is 0 Å². The Labute approximate surface area is 185 Å². The lowest BCUT2D eigenvalue weighted by Crippen LogP contribution is -2.08. The van der Waals surface area contributed by atoms with E-state index in [9.17, 15) is 10.4 Å². The second-order valence-corrected chi connectivity index (χ2v) is 7.56. The fraction of sp³-hybridized carbons (Fsp3) is 0.217. The number of nitrogens with zero attached hydrogens (tertiary/aromatic N) is 7. The highest BCUT2D eigenvalue weighted by Gasteiger charge is 2.13. The van der Waals surface area contributed by atoms with Crippen molar-refractivity contribution in [2.24, 2.45) is 0 Å². The van der Waals surface area contributed by atoms with Gasteiger partial charge in [0, 0.05) is 17.7 Å². The number of hydrogen-bond donors (Lipinski definition) is 2. The Balaban J connectivity index is 1.62. The molecule has 0 aliphatic rings. The highest BCUT2D eigenvalue weighted by atomic mass is 16.3. The van der Waals surface area contributed by atoms with Gasteiger partial charge in [-0.25, -0.2) is 14.6 Å². The summed E-state index contributed by atoms with van der Waals surface area (Å²) >= 11 is 0. The van der Waals surface area contributed by atoms with Crippen LogP contribution in [0.3, 0.4) is 0 Å². The van der Waals surface area contributed by atoms with Gasteiger partial charge in [0.15, 0.2) is 0 Å². The lowest BCUT2D eigenvalue weighted by atomic mass is 10.00. The van der Waals surface area contributed by atoms with Crippen LogP contribution in [-0.2, 0) is 13.0 Å². The first-order chi connectivity index (χ1) is 15.4. The molecule has 0 saturated carbocycles. The number of nitrogen functional groups attached to an aromatic ring is 1. The standard InChI is InChI=1S/C23H22N8O/c1-14(32)9-17-6-4-7-18(26-17)12-31-13-22(29-30-31)21-10-20(27-23(25)28-21)19-8-3-5-16(11-24)15(19)2/h3-8,10,13-14,32H,9,12H2,1-2H3,(H2,25,27,28). The molecule has 3 aromatic heterocycles. The van der Waals surface area contributed by atoms with Crippen LogP contribution in [0, 0.1) is 18.3 Å². The van der Waals surface area contributed by atoms with Crippen molar-refractivity contribution < 1.29 is 5.11 Å². The van der Waals surface area contributed by atoms with Gasteiger partial charge in [-0.15, -0.1) is 5.10 Å². The molecule has 0 amide bonds. The molecule has 0 spiro atoms. The first-order valence-corrected chi connectivity index (χ1v) is 10.1. The molecule has 9 heteroatoms. The topological polar surface area (TPSA) is 139 Å². The monoisotopic (exact) mass is 426 g/mol. The van der Waals surface area contributed by atoms with Crippen molar-refractivity contribution in [1.29, 1.82) is 5.26 Å². The fourth-order valence-corrected chi connectivity index (χ4v) is 3.46. The van der Waals surface area contributed by atoms with E-state index < -0.39 is 6.10 Å². The van der Waals surface area contributed by atoms with E-state index >= 15 is 0 Å². The van der Waals surface area contributed by atoms with Crippen LogP contribution in [0.5, 0.6) is 0 Å². The zero-order valence-electron chi connectivity index (χ0n) is 17.8. The van der Waals surface area contributed by atoms with Crippen molar-refractivity contribution >= 4 is 5.95 Å². The van der Waals surface area contributed by atoms with Gasteiger partial charge < -0.3 is 10.8 Å². The van der Waals surface area contributed by atoms with Gasteiger partial charge in [-0.3, -0.25) is 4.98 Å². The quantitative estimate of drug-likeness (QED) is 0.479. The van der Waals surface area contributed by atoms with Crippen LogP contribution in [0.25, 0.3) is 22.6 Å². The lowest BCUT2D eigenvalue weighted by molar-refractivity contribution is 0.194. The number of nitrogens with two attached hydrogens (primary N) is 1. The molecule has 32 heavy (non-hydrogen) atoms. The normalized spacial score (nSPS) is 11.8. The van der Waals surface area contributed by atoms with Crippen LogP contribution in [0.4, 0.5) is 5.95 Å². The first kappa shape index (κ1) is 21.1. The summed E-state index contributed by atoms with van der Waals surface area (Å²) in [6, 6.07) is 15.1. The van der Waals surface area contributed by atoms with Crippen LogP contribution >= 0.6 is 0 Å². The van der Waals surface area contributed by atoms with Gasteiger partial charge >= 0.3 is 0 Å². The third-order valence-corrected chi connectivity index (χ3v) is 4.97. The van der Waals surface area contributed by atoms with E-state index in [1.165, 1.54) is 0 Å². The minimum Gasteiger partial charge on any atom is -0.393 e. The van der Waals surface area contributed by atoms with E-state index in [0.717, 1.165) is 22.5 Å². The summed E-state index contributed by atoms with van der Waals surface area (Å²) in [5, 5.41) is 27.3. The van der Waals surface area contributed by atoms with Gasteiger partial charge in [-0.2, -0.15) is 5.26 Å². The van der Waals surface area contributed by atoms with Crippen LogP contribution in [0.2, 0.25) is 0 Å². The summed E-state index contributed by atoms with van der Waals surface area (Å²) in [5.74, 6) is 0.112. The van der Waals surface area contributed by atoms with E-state index in [4.69, 9.17) is 5.73 Å². The summed E-state index contributed by atoms with van der Waals surface area (Å²) in [7, 11) is 0. The highest BCUT2D eigenvalue weighted by molar-refractivity contribution is 5.71. The molecule has 0 aliphatic heterocycles. The van der Waals surface area contributed by atoms with Crippen molar-refractivity contribution in [1.82, 2.24) is 29.9 Å². The molecule has 4 aromatic rings. The molecule has 3 N–H and O–H groups in total. The predicted molar refractivity (Wildman–Crippen MR) is 119 cm³/mol. The van der Waals surface area contributed by atoms with Crippen LogP contribution in [0.1, 0.15) is 29.4 Å². The molecule has 3 heterocycles. The maximum atomic E-state index is 9.58. The molecule has 0 aliphatic carbocycles. The van der Waals surface area contributed by atoms with Crippen molar-refractivity contribution in [3.8, 4) is 28.7 Å². The van der Waals surface area contributed by atoms with Gasteiger partial charge in [-0.1, -0.05) is 23.4 Å². The van der Waals surface area contributed by atoms with E-state index in [1.54, 1.807) is 29.9 Å². The number of rotatable bonds is 6. The average molecular weight is 426 g/mol. The maximum Gasteiger partial charge on any atom is 0.221 e. The number of aliphatic hydroxyl groups excluding tert-OH is 1. The molecule has 9 nitrogen and oxygen atoms in total. The summed E-state index contributed by atoms with van der Waals surface area (Å²) in [5.41, 5.74) is 11.5. The zero-order chi connectivity index (χ0) is 22.7. The second kappa shape index (κ2) is 8.91. The molecular weight excluding hydrogens is 404 g/mol. The maximum absolute atomic E-state index is 9.58. The molecule has 0 fully saturated rings. The van der Waals surface area contributed by atoms with E-state index in [1.807, 2.05) is 37.3 Å². The number of aliphatic hydroxyl groups is 1. The van der Waals surface area contributed by atoms with E-state index in [2.05, 4.69) is 31.3 Å². The van der Waals surface area contributed by atoms with Gasteiger partial charge in [0.2, 0.25) is 5.95 Å². The molecule has 160 valence electrons. The summed E-state index contributed by atoms with van der Waals surface area (Å²) in [6.45, 7) is 4.04. The lowest BCUT2D eigenvalue weighted by Gasteiger charge is -2.08. The number of anilines is 1. The highest BCUT2D eigenvalue weighted by Crippen LogP contribution is 2.27. The number of aromatic nitrogens is 6. The van der Waals surface area contributed by atoms with Crippen LogP contribution < -0.4 is 5.73 Å². The van der Waals surface area contributed by atoms with Crippen molar-refractivity contribution in [3.63, 3.8) is 0 Å². The zero-order valence-corrected chi connectivity index (χ0v) is 17.8. The van der Waals surface area contributed by atoms with Gasteiger partial charge in [0.1, 0.15) is 5.69 Å². The minimum atomic E-state index is -0.453. The van der Waals surface area contributed by atoms with E-state index in [-0.39, 0.29) is 5.95 Å². The largest absolute Gasteiger partial charge is 0.393 e. The van der Waals surface area contributed by atoms with Crippen molar-refractivity contribution in [2.75, 3.05) is 5.73 Å². The Morgan fingerprint density at radius 2 is 1.81 bits per heavy atom.